The molecule has 2 aromatic carbocycles. The largest absolute Gasteiger partial charge is 0.335 e. The first kappa shape index (κ1) is 19.8. The predicted octanol–water partition coefficient (Wildman–Crippen LogP) is 4.64. The number of benzene rings is 2. The van der Waals surface area contributed by atoms with Crippen molar-refractivity contribution in [3.8, 4) is 5.69 Å². The number of aromatic nitrogens is 2. The third-order valence-corrected chi connectivity index (χ3v) is 6.08. The minimum Gasteiger partial charge on any atom is -0.335 e. The Kier molecular flexibility index (Phi) is 5.45. The minimum atomic E-state index is 0.0645. The lowest BCUT2D eigenvalue weighted by molar-refractivity contribution is 0.0621. The van der Waals surface area contributed by atoms with Gasteiger partial charge in [0.25, 0.3) is 5.91 Å². The molecular weight excluding hydrogens is 408 g/mol. The number of para-hydroxylation sites is 1. The molecule has 6 heteroatoms. The van der Waals surface area contributed by atoms with Crippen LogP contribution in [0.2, 0.25) is 5.02 Å². The van der Waals surface area contributed by atoms with E-state index >= 15 is 0 Å². The van der Waals surface area contributed by atoms with E-state index in [0.717, 1.165) is 36.2 Å². The zero-order chi connectivity index (χ0) is 21.2. The maximum atomic E-state index is 13.5. The van der Waals surface area contributed by atoms with Crippen LogP contribution < -0.4 is 0 Å². The average molecular weight is 431 g/mol. The molecule has 1 saturated heterocycles. The molecular formula is C25H23ClN4O. The van der Waals surface area contributed by atoms with Gasteiger partial charge in [0.05, 0.1) is 5.52 Å². The number of fused-ring (bicyclic) bond motifs is 1. The van der Waals surface area contributed by atoms with Crippen LogP contribution in [0.15, 0.2) is 79.1 Å². The van der Waals surface area contributed by atoms with E-state index in [9.17, 15) is 4.79 Å². The molecule has 1 aliphatic rings. The van der Waals surface area contributed by atoms with E-state index < -0.39 is 0 Å². The lowest BCUT2D eigenvalue weighted by atomic mass is 10.2. The van der Waals surface area contributed by atoms with E-state index in [1.54, 1.807) is 0 Å². The second-order valence-electron chi connectivity index (χ2n) is 7.82. The summed E-state index contributed by atoms with van der Waals surface area (Å²) in [6.07, 6.45) is 3.65. The van der Waals surface area contributed by atoms with Crippen molar-refractivity contribution in [3.63, 3.8) is 0 Å². The van der Waals surface area contributed by atoms with Crippen LogP contribution in [0.1, 0.15) is 16.1 Å². The van der Waals surface area contributed by atoms with Crippen molar-refractivity contribution >= 4 is 28.4 Å². The highest BCUT2D eigenvalue weighted by molar-refractivity contribution is 6.30. The molecule has 0 radical (unpaired) electrons. The van der Waals surface area contributed by atoms with Crippen molar-refractivity contribution in [2.24, 2.45) is 0 Å². The van der Waals surface area contributed by atoms with Crippen LogP contribution in [0.25, 0.3) is 16.6 Å². The van der Waals surface area contributed by atoms with Crippen LogP contribution in [0, 0.1) is 0 Å². The van der Waals surface area contributed by atoms with E-state index in [-0.39, 0.29) is 5.91 Å². The van der Waals surface area contributed by atoms with E-state index in [0.29, 0.717) is 23.8 Å². The van der Waals surface area contributed by atoms with Crippen LogP contribution in [-0.2, 0) is 6.54 Å². The number of nitrogens with zero attached hydrogens (tertiary/aromatic N) is 4. The van der Waals surface area contributed by atoms with Gasteiger partial charge in [-0.05, 0) is 54.1 Å². The lowest BCUT2D eigenvalue weighted by Crippen LogP contribution is -2.48. The summed E-state index contributed by atoms with van der Waals surface area (Å²) < 4.78 is 2.04. The first-order chi connectivity index (χ1) is 15.2. The third-order valence-electron chi connectivity index (χ3n) is 5.83. The molecule has 4 aromatic rings. The highest BCUT2D eigenvalue weighted by Gasteiger charge is 2.25. The number of rotatable bonds is 4. The van der Waals surface area contributed by atoms with Crippen molar-refractivity contribution in [1.82, 2.24) is 19.4 Å². The van der Waals surface area contributed by atoms with Crippen molar-refractivity contribution in [1.29, 1.82) is 0 Å². The van der Waals surface area contributed by atoms with Gasteiger partial charge in [-0.25, -0.2) is 0 Å². The summed E-state index contributed by atoms with van der Waals surface area (Å²) >= 11 is 6.09. The third kappa shape index (κ3) is 4.07. The predicted molar refractivity (Wildman–Crippen MR) is 124 cm³/mol. The summed E-state index contributed by atoms with van der Waals surface area (Å²) in [5.41, 5.74) is 3.89. The molecule has 2 aromatic heterocycles. The summed E-state index contributed by atoms with van der Waals surface area (Å²) in [5.74, 6) is 0.0645. The normalized spacial score (nSPS) is 14.8. The van der Waals surface area contributed by atoms with Crippen LogP contribution in [0.3, 0.4) is 0 Å². The Labute approximate surface area is 186 Å². The summed E-state index contributed by atoms with van der Waals surface area (Å²) in [6, 6.07) is 21.8. The summed E-state index contributed by atoms with van der Waals surface area (Å²) in [4.78, 5) is 22.0. The molecule has 5 nitrogen and oxygen atoms in total. The van der Waals surface area contributed by atoms with Gasteiger partial charge in [0.2, 0.25) is 0 Å². The number of amides is 1. The van der Waals surface area contributed by atoms with Gasteiger partial charge >= 0.3 is 0 Å². The fourth-order valence-corrected chi connectivity index (χ4v) is 4.32. The Bertz CT molecular complexity index is 1200. The Morgan fingerprint density at radius 1 is 0.903 bits per heavy atom. The van der Waals surface area contributed by atoms with Gasteiger partial charge in [-0.15, -0.1) is 0 Å². The minimum absolute atomic E-state index is 0.0645. The number of hydrogen-bond donors (Lipinski definition) is 0. The van der Waals surface area contributed by atoms with Gasteiger partial charge in [0.1, 0.15) is 5.69 Å². The van der Waals surface area contributed by atoms with E-state index in [4.69, 9.17) is 11.6 Å². The van der Waals surface area contributed by atoms with Gasteiger partial charge in [-0.1, -0.05) is 29.8 Å². The Morgan fingerprint density at radius 3 is 2.35 bits per heavy atom. The van der Waals surface area contributed by atoms with Crippen molar-refractivity contribution in [2.75, 3.05) is 26.2 Å². The van der Waals surface area contributed by atoms with Crippen LogP contribution in [0.4, 0.5) is 0 Å². The molecule has 0 atom stereocenters. The molecule has 5 rings (SSSR count). The van der Waals surface area contributed by atoms with Crippen LogP contribution in [-0.4, -0.2) is 51.4 Å². The number of carbonyl (C=O) groups is 1. The topological polar surface area (TPSA) is 41.4 Å². The zero-order valence-electron chi connectivity index (χ0n) is 17.1. The van der Waals surface area contributed by atoms with Gasteiger partial charge < -0.3 is 9.47 Å². The molecule has 1 amide bonds. The first-order valence-electron chi connectivity index (χ1n) is 10.5. The molecule has 3 heterocycles. The zero-order valence-corrected chi connectivity index (χ0v) is 17.9. The van der Waals surface area contributed by atoms with Crippen molar-refractivity contribution in [3.05, 3.63) is 95.4 Å². The molecule has 1 aliphatic heterocycles. The van der Waals surface area contributed by atoms with Crippen molar-refractivity contribution in [2.45, 2.75) is 6.54 Å². The molecule has 156 valence electrons. The average Bonchev–Trinajstić information content (AvgIpc) is 3.20. The van der Waals surface area contributed by atoms with Gasteiger partial charge in [-0.3, -0.25) is 14.7 Å². The fourth-order valence-electron chi connectivity index (χ4n) is 4.20. The Hall–Kier alpha value is -3.15. The molecule has 0 aliphatic carbocycles. The number of pyridine rings is 1. The SMILES string of the molecule is O=C(c1cc2ccccc2n1-c1ccc(Cl)cc1)N1CCN(Cc2ccncc2)CC1. The quantitative estimate of drug-likeness (QED) is 0.473. The van der Waals surface area contributed by atoms with Crippen molar-refractivity contribution < 1.29 is 4.79 Å². The number of hydrogen-bond acceptors (Lipinski definition) is 3. The van der Waals surface area contributed by atoms with Gasteiger partial charge in [0, 0.05) is 61.2 Å². The number of carbonyl (C=O) groups excluding carboxylic acids is 1. The molecule has 0 N–H and O–H groups in total. The molecule has 0 bridgehead atoms. The fraction of sp³-hybridized carbons (Fsp3) is 0.200. The molecule has 0 spiro atoms. The van der Waals surface area contributed by atoms with Gasteiger partial charge in [-0.2, -0.15) is 0 Å². The molecule has 0 unspecified atom stereocenters. The highest BCUT2D eigenvalue weighted by Crippen LogP contribution is 2.26. The number of halogens is 1. The van der Waals surface area contributed by atoms with Crippen LogP contribution >= 0.6 is 11.6 Å². The maximum absolute atomic E-state index is 13.5. The summed E-state index contributed by atoms with van der Waals surface area (Å²) in [7, 11) is 0. The first-order valence-corrected chi connectivity index (χ1v) is 10.8. The highest BCUT2D eigenvalue weighted by atomic mass is 35.5. The standard InChI is InChI=1S/C25H23ClN4O/c26-21-5-7-22(8-6-21)30-23-4-2-1-3-20(23)17-24(30)25(31)29-15-13-28(14-16-29)18-19-9-11-27-12-10-19/h1-12,17H,13-16,18H2. The molecule has 0 saturated carbocycles. The second-order valence-corrected chi connectivity index (χ2v) is 8.26. The Morgan fingerprint density at radius 2 is 1.61 bits per heavy atom. The van der Waals surface area contributed by atoms with E-state index in [1.165, 1.54) is 5.56 Å². The van der Waals surface area contributed by atoms with Crippen LogP contribution in [0.5, 0.6) is 0 Å². The van der Waals surface area contributed by atoms with Gasteiger partial charge in [0.15, 0.2) is 0 Å². The summed E-state index contributed by atoms with van der Waals surface area (Å²) in [6.45, 7) is 4.03. The smallest absolute Gasteiger partial charge is 0.270 e. The maximum Gasteiger partial charge on any atom is 0.270 e. The number of piperazine rings is 1. The Balaban J connectivity index is 1.39. The molecule has 1 fully saturated rings. The summed E-state index contributed by atoms with van der Waals surface area (Å²) in [5, 5.41) is 1.73. The van der Waals surface area contributed by atoms with E-state index in [2.05, 4.69) is 9.88 Å². The second kappa shape index (κ2) is 8.53. The lowest BCUT2D eigenvalue weighted by Gasteiger charge is -2.34. The monoisotopic (exact) mass is 430 g/mol. The molecule has 31 heavy (non-hydrogen) atoms. The van der Waals surface area contributed by atoms with E-state index in [1.807, 2.05) is 88.6 Å².